The Morgan fingerprint density at radius 2 is 1.65 bits per heavy atom. The lowest BCUT2D eigenvalue weighted by molar-refractivity contribution is -0.175. The molecule has 2 nitrogen and oxygen atoms in total. The summed E-state index contributed by atoms with van der Waals surface area (Å²) in [5, 5.41) is 2.56. The molecular formula is C9H15F6NO. The predicted molar refractivity (Wildman–Crippen MR) is 49.6 cm³/mol. The minimum Gasteiger partial charge on any atom is -0.372 e. The Bertz CT molecular complexity index is 203. The van der Waals surface area contributed by atoms with Crippen molar-refractivity contribution in [3.8, 4) is 0 Å². The van der Waals surface area contributed by atoms with E-state index in [1.54, 1.807) is 6.92 Å². The maximum atomic E-state index is 12.1. The molecule has 0 aliphatic rings. The van der Waals surface area contributed by atoms with E-state index in [4.69, 9.17) is 0 Å². The molecule has 0 aromatic heterocycles. The minimum absolute atomic E-state index is 0.108. The molecule has 0 heterocycles. The van der Waals surface area contributed by atoms with E-state index in [0.29, 0.717) is 6.54 Å². The van der Waals surface area contributed by atoms with E-state index in [0.717, 1.165) is 0 Å². The fourth-order valence-corrected chi connectivity index (χ4v) is 1.26. The van der Waals surface area contributed by atoms with Gasteiger partial charge < -0.3 is 10.1 Å². The summed E-state index contributed by atoms with van der Waals surface area (Å²) in [5.74, 6) is 0. The van der Waals surface area contributed by atoms with Crippen molar-refractivity contribution in [3.05, 3.63) is 0 Å². The van der Waals surface area contributed by atoms with Crippen molar-refractivity contribution in [1.82, 2.24) is 5.32 Å². The second kappa shape index (κ2) is 7.05. The Kier molecular flexibility index (Phi) is 6.84. The molecule has 1 atom stereocenters. The number of hydrogen-bond acceptors (Lipinski definition) is 2. The molecule has 0 fully saturated rings. The van der Waals surface area contributed by atoms with Gasteiger partial charge in [-0.05, 0) is 13.0 Å². The van der Waals surface area contributed by atoms with Crippen LogP contribution in [0.3, 0.4) is 0 Å². The average molecular weight is 267 g/mol. The van der Waals surface area contributed by atoms with Crippen molar-refractivity contribution >= 4 is 0 Å². The number of hydrogen-bond donors (Lipinski definition) is 1. The highest BCUT2D eigenvalue weighted by Gasteiger charge is 2.32. The van der Waals surface area contributed by atoms with Gasteiger partial charge in [-0.25, -0.2) is 0 Å². The SMILES string of the molecule is CCNC(CCOCC(F)(F)F)CC(F)(F)F. The van der Waals surface area contributed by atoms with Gasteiger partial charge in [-0.2, -0.15) is 26.3 Å². The Labute approximate surface area is 95.3 Å². The summed E-state index contributed by atoms with van der Waals surface area (Å²) in [7, 11) is 0. The third kappa shape index (κ3) is 11.8. The Hall–Kier alpha value is -0.500. The second-order valence-corrected chi connectivity index (χ2v) is 3.53. The molecule has 0 bridgehead atoms. The van der Waals surface area contributed by atoms with Crippen LogP contribution in [0.1, 0.15) is 19.8 Å². The fraction of sp³-hybridized carbons (Fsp3) is 1.00. The van der Waals surface area contributed by atoms with E-state index in [1.165, 1.54) is 0 Å². The highest BCUT2D eigenvalue weighted by Crippen LogP contribution is 2.23. The smallest absolute Gasteiger partial charge is 0.372 e. The highest BCUT2D eigenvalue weighted by atomic mass is 19.4. The minimum atomic E-state index is -4.45. The summed E-state index contributed by atoms with van der Waals surface area (Å²) in [4.78, 5) is 0. The van der Waals surface area contributed by atoms with E-state index in [-0.39, 0.29) is 13.0 Å². The van der Waals surface area contributed by atoms with Crippen LogP contribution < -0.4 is 5.32 Å². The molecule has 0 amide bonds. The molecule has 104 valence electrons. The van der Waals surface area contributed by atoms with Gasteiger partial charge in [0.25, 0.3) is 0 Å². The first-order valence-electron chi connectivity index (χ1n) is 5.08. The maximum Gasteiger partial charge on any atom is 0.411 e. The van der Waals surface area contributed by atoms with Crippen LogP contribution in [0.2, 0.25) is 0 Å². The molecule has 0 saturated heterocycles. The standard InChI is InChI=1S/C9H15F6NO/c1-2-16-7(5-8(10,11)12)3-4-17-6-9(13,14)15/h7,16H,2-6H2,1H3. The van der Waals surface area contributed by atoms with Crippen LogP contribution in [0.5, 0.6) is 0 Å². The van der Waals surface area contributed by atoms with Crippen molar-refractivity contribution in [2.45, 2.75) is 38.2 Å². The number of ether oxygens (including phenoxy) is 1. The van der Waals surface area contributed by atoms with Gasteiger partial charge in [0.2, 0.25) is 0 Å². The summed E-state index contributed by atoms with van der Waals surface area (Å²) in [5.41, 5.74) is 0. The first-order valence-corrected chi connectivity index (χ1v) is 5.08. The summed E-state index contributed by atoms with van der Waals surface area (Å²) >= 11 is 0. The van der Waals surface area contributed by atoms with Crippen LogP contribution in [0, 0.1) is 0 Å². The van der Waals surface area contributed by atoms with Gasteiger partial charge in [-0.15, -0.1) is 0 Å². The van der Waals surface area contributed by atoms with Crippen LogP contribution >= 0.6 is 0 Å². The van der Waals surface area contributed by atoms with Crippen molar-refractivity contribution in [2.75, 3.05) is 19.8 Å². The predicted octanol–water partition coefficient (Wildman–Crippen LogP) is 2.89. The number of nitrogens with one attached hydrogen (secondary N) is 1. The number of alkyl halides is 6. The van der Waals surface area contributed by atoms with Gasteiger partial charge >= 0.3 is 12.4 Å². The summed E-state index contributed by atoms with van der Waals surface area (Å²) in [6.07, 6.45) is -9.96. The first kappa shape index (κ1) is 16.5. The topological polar surface area (TPSA) is 21.3 Å². The van der Waals surface area contributed by atoms with E-state index in [1.807, 2.05) is 0 Å². The molecular weight excluding hydrogens is 252 g/mol. The molecule has 0 radical (unpaired) electrons. The lowest BCUT2D eigenvalue weighted by Crippen LogP contribution is -2.35. The normalized spacial score (nSPS) is 15.0. The summed E-state index contributed by atoms with van der Waals surface area (Å²) in [6, 6.07) is -0.909. The average Bonchev–Trinajstić information content (AvgIpc) is 2.08. The largest absolute Gasteiger partial charge is 0.411 e. The highest BCUT2D eigenvalue weighted by molar-refractivity contribution is 4.70. The summed E-state index contributed by atoms with van der Waals surface area (Å²) in [6.45, 7) is 0.158. The molecule has 8 heteroatoms. The lowest BCUT2D eigenvalue weighted by Gasteiger charge is -2.19. The Morgan fingerprint density at radius 3 is 2.06 bits per heavy atom. The number of rotatable bonds is 7. The van der Waals surface area contributed by atoms with Gasteiger partial charge in [0, 0.05) is 12.6 Å². The summed E-state index contributed by atoms with van der Waals surface area (Å²) < 4.78 is 75.5. The molecule has 0 spiro atoms. The lowest BCUT2D eigenvalue weighted by atomic mass is 10.1. The molecule has 0 rings (SSSR count). The maximum absolute atomic E-state index is 12.1. The Morgan fingerprint density at radius 1 is 1.06 bits per heavy atom. The first-order chi connectivity index (χ1) is 7.64. The third-order valence-electron chi connectivity index (χ3n) is 1.85. The van der Waals surface area contributed by atoms with E-state index in [2.05, 4.69) is 10.1 Å². The van der Waals surface area contributed by atoms with Gasteiger partial charge in [0.05, 0.1) is 6.42 Å². The zero-order chi connectivity index (χ0) is 13.5. The number of halogens is 6. The quantitative estimate of drug-likeness (QED) is 0.565. The molecule has 0 aliphatic heterocycles. The molecule has 1 unspecified atom stereocenters. The van der Waals surface area contributed by atoms with Crippen molar-refractivity contribution in [3.63, 3.8) is 0 Å². The van der Waals surface area contributed by atoms with Crippen molar-refractivity contribution in [2.24, 2.45) is 0 Å². The molecule has 0 aliphatic carbocycles. The molecule has 0 aromatic carbocycles. The van der Waals surface area contributed by atoms with Crippen LogP contribution in [0.4, 0.5) is 26.3 Å². The molecule has 1 N–H and O–H groups in total. The van der Waals surface area contributed by atoms with E-state index in [9.17, 15) is 26.3 Å². The van der Waals surface area contributed by atoms with E-state index >= 15 is 0 Å². The molecule has 17 heavy (non-hydrogen) atoms. The van der Waals surface area contributed by atoms with Gasteiger partial charge in [-0.3, -0.25) is 0 Å². The van der Waals surface area contributed by atoms with Gasteiger partial charge in [0.1, 0.15) is 6.61 Å². The zero-order valence-corrected chi connectivity index (χ0v) is 9.29. The third-order valence-corrected chi connectivity index (χ3v) is 1.85. The zero-order valence-electron chi connectivity index (χ0n) is 9.29. The van der Waals surface area contributed by atoms with Crippen LogP contribution in [0.25, 0.3) is 0 Å². The van der Waals surface area contributed by atoms with E-state index < -0.39 is 31.4 Å². The van der Waals surface area contributed by atoms with Crippen molar-refractivity contribution < 1.29 is 31.1 Å². The Balaban J connectivity index is 3.85. The van der Waals surface area contributed by atoms with Gasteiger partial charge in [-0.1, -0.05) is 6.92 Å². The van der Waals surface area contributed by atoms with Crippen LogP contribution in [-0.4, -0.2) is 38.2 Å². The monoisotopic (exact) mass is 267 g/mol. The van der Waals surface area contributed by atoms with Crippen LogP contribution in [0.15, 0.2) is 0 Å². The van der Waals surface area contributed by atoms with Crippen molar-refractivity contribution in [1.29, 1.82) is 0 Å². The molecule has 0 saturated carbocycles. The van der Waals surface area contributed by atoms with Gasteiger partial charge in [0.15, 0.2) is 0 Å². The fourth-order valence-electron chi connectivity index (χ4n) is 1.26. The molecule has 0 aromatic rings. The van der Waals surface area contributed by atoms with Crippen LogP contribution in [-0.2, 0) is 4.74 Å². The second-order valence-electron chi connectivity index (χ2n) is 3.53.